The van der Waals surface area contributed by atoms with Gasteiger partial charge in [-0.25, -0.2) is 0 Å². The summed E-state index contributed by atoms with van der Waals surface area (Å²) in [5.41, 5.74) is -0.213. The van der Waals surface area contributed by atoms with Crippen LogP contribution < -0.4 is 10.6 Å². The molecule has 0 atom stereocenters. The number of carbonyl (C=O) groups is 1. The van der Waals surface area contributed by atoms with Crippen molar-refractivity contribution in [1.29, 1.82) is 0 Å². The number of amides is 1. The lowest BCUT2D eigenvalue weighted by Gasteiger charge is -2.28. The van der Waals surface area contributed by atoms with Gasteiger partial charge in [-0.3, -0.25) is 9.79 Å². The van der Waals surface area contributed by atoms with Crippen LogP contribution in [0.15, 0.2) is 4.99 Å². The predicted molar refractivity (Wildman–Crippen MR) is 89.5 cm³/mol. The van der Waals surface area contributed by atoms with Gasteiger partial charge in [0.05, 0.1) is 6.54 Å². The van der Waals surface area contributed by atoms with Crippen LogP contribution in [-0.2, 0) is 4.79 Å². The van der Waals surface area contributed by atoms with E-state index in [0.717, 1.165) is 12.5 Å². The Morgan fingerprint density at radius 1 is 1.25 bits per heavy atom. The Morgan fingerprint density at radius 2 is 1.80 bits per heavy atom. The second kappa shape index (κ2) is 7.76. The van der Waals surface area contributed by atoms with Gasteiger partial charge < -0.3 is 15.5 Å². The smallest absolute Gasteiger partial charge is 0.240 e. The Morgan fingerprint density at radius 3 is 2.20 bits per heavy atom. The van der Waals surface area contributed by atoms with E-state index in [1.54, 1.807) is 18.8 Å². The standard InChI is InChI=1S/C14H30N4OS/c1-13(2,3)17-11(19)9-18(7)12(15-6)16-10-14(4,5)20-8/h9-10H2,1-8H3,(H,15,16)(H,17,19). The normalized spacial score (nSPS) is 13.1. The van der Waals surface area contributed by atoms with E-state index in [9.17, 15) is 4.79 Å². The fraction of sp³-hybridized carbons (Fsp3) is 0.857. The lowest BCUT2D eigenvalue weighted by molar-refractivity contribution is -0.122. The zero-order valence-corrected chi connectivity index (χ0v) is 14.9. The van der Waals surface area contributed by atoms with E-state index in [2.05, 4.69) is 35.7 Å². The van der Waals surface area contributed by atoms with Crippen LogP contribution in [0.3, 0.4) is 0 Å². The van der Waals surface area contributed by atoms with Crippen LogP contribution in [0.5, 0.6) is 0 Å². The number of nitrogens with one attached hydrogen (secondary N) is 2. The molecule has 0 aromatic rings. The summed E-state index contributed by atoms with van der Waals surface area (Å²) in [5, 5.41) is 6.25. The van der Waals surface area contributed by atoms with Gasteiger partial charge in [0.1, 0.15) is 0 Å². The lowest BCUT2D eigenvalue weighted by Crippen LogP contribution is -2.50. The van der Waals surface area contributed by atoms with Crippen LogP contribution in [0.25, 0.3) is 0 Å². The highest BCUT2D eigenvalue weighted by atomic mass is 32.2. The van der Waals surface area contributed by atoms with E-state index in [4.69, 9.17) is 0 Å². The molecule has 0 fully saturated rings. The number of hydrogen-bond donors (Lipinski definition) is 2. The van der Waals surface area contributed by atoms with Gasteiger partial charge in [-0.2, -0.15) is 11.8 Å². The van der Waals surface area contributed by atoms with Crippen LogP contribution in [0.2, 0.25) is 0 Å². The molecule has 0 saturated heterocycles. The molecule has 0 aliphatic heterocycles. The molecule has 0 aromatic heterocycles. The first-order valence-electron chi connectivity index (χ1n) is 6.79. The molecule has 0 heterocycles. The molecule has 0 radical (unpaired) electrons. The van der Waals surface area contributed by atoms with E-state index in [-0.39, 0.29) is 22.7 Å². The monoisotopic (exact) mass is 302 g/mol. The summed E-state index contributed by atoms with van der Waals surface area (Å²) < 4.78 is 0.129. The Labute approximate surface area is 128 Å². The molecule has 20 heavy (non-hydrogen) atoms. The zero-order chi connectivity index (χ0) is 16.0. The molecule has 5 nitrogen and oxygen atoms in total. The Balaban J connectivity index is 4.43. The van der Waals surface area contributed by atoms with Crippen molar-refractivity contribution >= 4 is 23.6 Å². The minimum Gasteiger partial charge on any atom is -0.355 e. The third kappa shape index (κ3) is 8.30. The summed E-state index contributed by atoms with van der Waals surface area (Å²) in [4.78, 5) is 18.0. The third-order valence-electron chi connectivity index (χ3n) is 2.69. The molecule has 0 spiro atoms. The molecular formula is C14H30N4OS. The van der Waals surface area contributed by atoms with Gasteiger partial charge in [0.15, 0.2) is 5.96 Å². The molecule has 2 N–H and O–H groups in total. The van der Waals surface area contributed by atoms with Crippen molar-refractivity contribution in [1.82, 2.24) is 15.5 Å². The third-order valence-corrected chi connectivity index (χ3v) is 3.94. The Hall–Kier alpha value is -0.910. The van der Waals surface area contributed by atoms with Crippen molar-refractivity contribution in [3.63, 3.8) is 0 Å². The van der Waals surface area contributed by atoms with Gasteiger partial charge in [-0.05, 0) is 40.9 Å². The molecule has 0 aliphatic carbocycles. The summed E-state index contributed by atoms with van der Waals surface area (Å²) in [6, 6.07) is 0. The van der Waals surface area contributed by atoms with Gasteiger partial charge in [-0.15, -0.1) is 0 Å². The fourth-order valence-corrected chi connectivity index (χ4v) is 1.71. The van der Waals surface area contributed by atoms with Crippen molar-refractivity contribution in [2.75, 3.05) is 33.4 Å². The van der Waals surface area contributed by atoms with Gasteiger partial charge in [-0.1, -0.05) is 0 Å². The molecular weight excluding hydrogens is 272 g/mol. The molecule has 0 rings (SSSR count). The number of thioether (sulfide) groups is 1. The maximum absolute atomic E-state index is 11.9. The molecule has 0 unspecified atom stereocenters. The summed E-state index contributed by atoms with van der Waals surface area (Å²) in [6.07, 6.45) is 2.09. The minimum atomic E-state index is -0.213. The molecule has 0 aliphatic rings. The quantitative estimate of drug-likeness (QED) is 0.598. The average molecular weight is 302 g/mol. The van der Waals surface area contributed by atoms with Crippen LogP contribution in [0.1, 0.15) is 34.6 Å². The van der Waals surface area contributed by atoms with Gasteiger partial charge in [0, 0.05) is 30.9 Å². The molecule has 0 aromatic carbocycles. The highest BCUT2D eigenvalue weighted by Crippen LogP contribution is 2.19. The summed E-state index contributed by atoms with van der Waals surface area (Å²) in [6.45, 7) is 11.3. The fourth-order valence-electron chi connectivity index (χ4n) is 1.50. The lowest BCUT2D eigenvalue weighted by atomic mass is 10.1. The number of guanidine groups is 1. The van der Waals surface area contributed by atoms with Crippen molar-refractivity contribution in [3.05, 3.63) is 0 Å². The van der Waals surface area contributed by atoms with E-state index >= 15 is 0 Å². The van der Waals surface area contributed by atoms with Crippen molar-refractivity contribution in [3.8, 4) is 0 Å². The molecule has 118 valence electrons. The molecule has 6 heteroatoms. The minimum absolute atomic E-state index is 0.00734. The van der Waals surface area contributed by atoms with Gasteiger partial charge in [0.2, 0.25) is 5.91 Å². The summed E-state index contributed by atoms with van der Waals surface area (Å²) in [5.74, 6) is 0.725. The Kier molecular flexibility index (Phi) is 7.41. The van der Waals surface area contributed by atoms with E-state index in [1.165, 1.54) is 0 Å². The number of carbonyl (C=O) groups excluding carboxylic acids is 1. The van der Waals surface area contributed by atoms with Gasteiger partial charge >= 0.3 is 0 Å². The highest BCUT2D eigenvalue weighted by Gasteiger charge is 2.19. The largest absolute Gasteiger partial charge is 0.355 e. The topological polar surface area (TPSA) is 56.7 Å². The van der Waals surface area contributed by atoms with Crippen LogP contribution >= 0.6 is 11.8 Å². The van der Waals surface area contributed by atoms with Crippen molar-refractivity contribution in [2.45, 2.75) is 44.9 Å². The maximum atomic E-state index is 11.9. The van der Waals surface area contributed by atoms with Crippen LogP contribution in [0, 0.1) is 0 Å². The highest BCUT2D eigenvalue weighted by molar-refractivity contribution is 7.99. The van der Waals surface area contributed by atoms with E-state index in [0.29, 0.717) is 0 Å². The second-order valence-corrected chi connectivity index (χ2v) is 8.03. The number of likely N-dealkylation sites (N-methyl/N-ethyl adjacent to an activating group) is 1. The van der Waals surface area contributed by atoms with Crippen molar-refractivity contribution < 1.29 is 4.79 Å². The number of hydrogen-bond acceptors (Lipinski definition) is 3. The molecule has 0 bridgehead atoms. The summed E-state index contributed by atoms with van der Waals surface area (Å²) in [7, 11) is 3.59. The van der Waals surface area contributed by atoms with E-state index in [1.807, 2.05) is 32.7 Å². The average Bonchev–Trinajstić information content (AvgIpc) is 2.26. The summed E-state index contributed by atoms with van der Waals surface area (Å²) >= 11 is 1.80. The first kappa shape index (κ1) is 19.1. The number of nitrogens with zero attached hydrogens (tertiary/aromatic N) is 2. The SMILES string of the molecule is CN=C(NCC(C)(C)SC)N(C)CC(=O)NC(C)(C)C. The number of rotatable bonds is 5. The van der Waals surface area contributed by atoms with Crippen molar-refractivity contribution in [2.24, 2.45) is 4.99 Å². The predicted octanol–water partition coefficient (Wildman–Crippen LogP) is 1.55. The Bertz CT molecular complexity index is 348. The van der Waals surface area contributed by atoms with Crippen LogP contribution in [0.4, 0.5) is 0 Å². The molecule has 0 saturated carbocycles. The maximum Gasteiger partial charge on any atom is 0.240 e. The van der Waals surface area contributed by atoms with Crippen LogP contribution in [-0.4, -0.2) is 60.5 Å². The van der Waals surface area contributed by atoms with E-state index < -0.39 is 0 Å². The van der Waals surface area contributed by atoms with Gasteiger partial charge in [0.25, 0.3) is 0 Å². The first-order valence-corrected chi connectivity index (χ1v) is 8.01. The second-order valence-electron chi connectivity index (χ2n) is 6.52. The first-order chi connectivity index (χ1) is 9.00. The number of aliphatic imine (C=N–C) groups is 1. The molecule has 1 amide bonds. The zero-order valence-electron chi connectivity index (χ0n) is 14.1.